The Morgan fingerprint density at radius 1 is 1.21 bits per heavy atom. The number of hydrogen-bond acceptors (Lipinski definition) is 5. The summed E-state index contributed by atoms with van der Waals surface area (Å²) in [6.07, 6.45) is 3.61. The quantitative estimate of drug-likeness (QED) is 0.772. The predicted molar refractivity (Wildman–Crippen MR) is 67.2 cm³/mol. The van der Waals surface area contributed by atoms with Crippen LogP contribution in [0.15, 0.2) is 9.21 Å². The molecule has 0 aromatic carbocycles. The first-order chi connectivity index (χ1) is 9.33. The topological polar surface area (TPSA) is 70.2 Å². The number of aryl methyl sites for hydroxylation is 1. The lowest BCUT2D eigenvalue weighted by atomic mass is 10.0. The molecule has 1 saturated heterocycles. The van der Waals surface area contributed by atoms with Gasteiger partial charge in [0.1, 0.15) is 5.82 Å². The van der Waals surface area contributed by atoms with E-state index in [-0.39, 0.29) is 11.5 Å². The molecule has 100 valence electrons. The van der Waals surface area contributed by atoms with Crippen molar-refractivity contribution in [2.75, 3.05) is 13.2 Å². The van der Waals surface area contributed by atoms with Gasteiger partial charge in [-0.25, -0.2) is 4.98 Å². The lowest BCUT2D eigenvalue weighted by Gasteiger charge is -2.18. The van der Waals surface area contributed by atoms with Gasteiger partial charge >= 0.3 is 0 Å². The van der Waals surface area contributed by atoms with E-state index < -0.39 is 0 Å². The van der Waals surface area contributed by atoms with Gasteiger partial charge in [-0.15, -0.1) is 0 Å². The minimum Gasteiger partial charge on any atom is -0.422 e. The number of aromatic nitrogens is 3. The zero-order chi connectivity index (χ0) is 12.8. The molecule has 0 N–H and O–H groups in total. The molecule has 0 amide bonds. The maximum Gasteiger partial charge on any atom is 0.283 e. The van der Waals surface area contributed by atoms with E-state index in [1.54, 1.807) is 4.57 Å². The second kappa shape index (κ2) is 4.16. The van der Waals surface area contributed by atoms with Crippen LogP contribution < -0.4 is 5.56 Å². The molecule has 0 radical (unpaired) electrons. The molecule has 4 heterocycles. The van der Waals surface area contributed by atoms with Crippen molar-refractivity contribution in [2.24, 2.45) is 0 Å². The Labute approximate surface area is 109 Å². The Kier molecular flexibility index (Phi) is 2.44. The zero-order valence-corrected chi connectivity index (χ0v) is 10.6. The fourth-order valence-electron chi connectivity index (χ4n) is 2.90. The summed E-state index contributed by atoms with van der Waals surface area (Å²) in [6.45, 7) is 2.20. The summed E-state index contributed by atoms with van der Waals surface area (Å²) < 4.78 is 12.8. The molecule has 0 bridgehead atoms. The number of ether oxygens (including phenoxy) is 1. The van der Waals surface area contributed by atoms with Crippen LogP contribution in [0.1, 0.15) is 36.9 Å². The van der Waals surface area contributed by atoms with E-state index in [1.165, 1.54) is 0 Å². The van der Waals surface area contributed by atoms with E-state index in [9.17, 15) is 4.79 Å². The molecule has 1 fully saturated rings. The van der Waals surface area contributed by atoms with E-state index in [4.69, 9.17) is 9.15 Å². The van der Waals surface area contributed by atoms with Crippen molar-refractivity contribution in [2.45, 2.75) is 38.1 Å². The van der Waals surface area contributed by atoms with Gasteiger partial charge in [0, 0.05) is 32.1 Å². The van der Waals surface area contributed by atoms with Crippen molar-refractivity contribution < 1.29 is 9.15 Å². The van der Waals surface area contributed by atoms with Crippen LogP contribution in [0.4, 0.5) is 0 Å². The Bertz CT molecular complexity index is 682. The van der Waals surface area contributed by atoms with Gasteiger partial charge in [0.25, 0.3) is 11.3 Å². The molecule has 4 rings (SSSR count). The van der Waals surface area contributed by atoms with Crippen molar-refractivity contribution in [3.8, 4) is 0 Å². The number of oxazole rings is 1. The first-order valence-corrected chi connectivity index (χ1v) is 6.81. The molecule has 0 spiro atoms. The summed E-state index contributed by atoms with van der Waals surface area (Å²) >= 11 is 0. The SMILES string of the molecule is O=c1c2nc(C3CCOCC3)oc2nc2n1CCC2. The van der Waals surface area contributed by atoms with E-state index >= 15 is 0 Å². The molecular weight excluding hydrogens is 246 g/mol. The Balaban J connectivity index is 1.83. The van der Waals surface area contributed by atoms with E-state index in [0.29, 0.717) is 17.1 Å². The van der Waals surface area contributed by atoms with Gasteiger partial charge in [-0.2, -0.15) is 4.98 Å². The van der Waals surface area contributed by atoms with Gasteiger partial charge in [0.2, 0.25) is 5.89 Å². The summed E-state index contributed by atoms with van der Waals surface area (Å²) in [7, 11) is 0. The standard InChI is InChI=1S/C13H15N3O3/c17-13-10-12(14-9-2-1-5-16(9)13)19-11(15-10)8-3-6-18-7-4-8/h8H,1-7H2. The second-order valence-corrected chi connectivity index (χ2v) is 5.18. The highest BCUT2D eigenvalue weighted by Crippen LogP contribution is 2.28. The molecule has 19 heavy (non-hydrogen) atoms. The minimum atomic E-state index is -0.0560. The third kappa shape index (κ3) is 1.70. The smallest absolute Gasteiger partial charge is 0.283 e. The first kappa shape index (κ1) is 11.2. The highest BCUT2D eigenvalue weighted by atomic mass is 16.5. The fourth-order valence-corrected chi connectivity index (χ4v) is 2.90. The zero-order valence-electron chi connectivity index (χ0n) is 10.6. The van der Waals surface area contributed by atoms with E-state index in [2.05, 4.69) is 9.97 Å². The van der Waals surface area contributed by atoms with Crippen molar-refractivity contribution in [3.63, 3.8) is 0 Å². The van der Waals surface area contributed by atoms with Gasteiger partial charge in [-0.1, -0.05) is 0 Å². The number of nitrogens with zero attached hydrogens (tertiary/aromatic N) is 3. The van der Waals surface area contributed by atoms with Crippen LogP contribution in [-0.2, 0) is 17.7 Å². The van der Waals surface area contributed by atoms with Crippen molar-refractivity contribution in [1.82, 2.24) is 14.5 Å². The molecule has 2 aliphatic heterocycles. The van der Waals surface area contributed by atoms with Gasteiger partial charge in [0.05, 0.1) is 0 Å². The molecule has 0 unspecified atom stereocenters. The monoisotopic (exact) mass is 261 g/mol. The molecule has 6 nitrogen and oxygen atoms in total. The van der Waals surface area contributed by atoms with Crippen LogP contribution in [0.25, 0.3) is 11.2 Å². The molecule has 0 aliphatic carbocycles. The third-order valence-corrected chi connectivity index (χ3v) is 3.97. The number of rotatable bonds is 1. The molecule has 2 aromatic heterocycles. The summed E-state index contributed by atoms with van der Waals surface area (Å²) in [6, 6.07) is 0. The van der Waals surface area contributed by atoms with Gasteiger partial charge in [0.15, 0.2) is 5.52 Å². The average Bonchev–Trinajstić information content (AvgIpc) is 3.06. The lowest BCUT2D eigenvalue weighted by Crippen LogP contribution is -2.20. The van der Waals surface area contributed by atoms with Crippen LogP contribution in [0.2, 0.25) is 0 Å². The van der Waals surface area contributed by atoms with Crippen molar-refractivity contribution in [1.29, 1.82) is 0 Å². The van der Waals surface area contributed by atoms with Crippen molar-refractivity contribution in [3.05, 3.63) is 22.1 Å². The normalized spacial score (nSPS) is 20.0. The highest BCUT2D eigenvalue weighted by Gasteiger charge is 2.25. The molecule has 6 heteroatoms. The van der Waals surface area contributed by atoms with E-state index in [0.717, 1.165) is 51.3 Å². The average molecular weight is 261 g/mol. The van der Waals surface area contributed by atoms with Crippen LogP contribution in [-0.4, -0.2) is 27.7 Å². The first-order valence-electron chi connectivity index (χ1n) is 6.81. The summed E-state index contributed by atoms with van der Waals surface area (Å²) in [5.74, 6) is 1.72. The molecule has 2 aliphatic rings. The minimum absolute atomic E-state index is 0.0560. The molecule has 0 atom stereocenters. The van der Waals surface area contributed by atoms with Crippen LogP contribution in [0.3, 0.4) is 0 Å². The number of hydrogen-bond donors (Lipinski definition) is 0. The lowest BCUT2D eigenvalue weighted by molar-refractivity contribution is 0.0798. The second-order valence-electron chi connectivity index (χ2n) is 5.18. The van der Waals surface area contributed by atoms with Gasteiger partial charge in [-0.3, -0.25) is 9.36 Å². The van der Waals surface area contributed by atoms with Crippen molar-refractivity contribution >= 4 is 11.2 Å². The van der Waals surface area contributed by atoms with E-state index in [1.807, 2.05) is 0 Å². The Hall–Kier alpha value is -1.69. The Morgan fingerprint density at radius 3 is 2.89 bits per heavy atom. The predicted octanol–water partition coefficient (Wildman–Crippen LogP) is 1.22. The Morgan fingerprint density at radius 2 is 2.05 bits per heavy atom. The largest absolute Gasteiger partial charge is 0.422 e. The van der Waals surface area contributed by atoms with Gasteiger partial charge < -0.3 is 9.15 Å². The molecular formula is C13H15N3O3. The summed E-state index contributed by atoms with van der Waals surface area (Å²) in [5, 5.41) is 0. The number of fused-ring (bicyclic) bond motifs is 2. The third-order valence-electron chi connectivity index (χ3n) is 3.97. The molecule has 2 aromatic rings. The summed E-state index contributed by atoms with van der Waals surface area (Å²) in [4.78, 5) is 21.1. The summed E-state index contributed by atoms with van der Waals surface area (Å²) in [5.41, 5.74) is 0.728. The highest BCUT2D eigenvalue weighted by molar-refractivity contribution is 5.66. The maximum atomic E-state index is 12.3. The fraction of sp³-hybridized carbons (Fsp3) is 0.615. The van der Waals surface area contributed by atoms with Gasteiger partial charge in [-0.05, 0) is 19.3 Å². The maximum absolute atomic E-state index is 12.3. The molecule has 0 saturated carbocycles. The van der Waals surface area contributed by atoms with Crippen LogP contribution >= 0.6 is 0 Å². The van der Waals surface area contributed by atoms with Crippen LogP contribution in [0, 0.1) is 0 Å². The van der Waals surface area contributed by atoms with Crippen LogP contribution in [0.5, 0.6) is 0 Å².